The van der Waals surface area contributed by atoms with E-state index in [1.54, 1.807) is 0 Å². The molecule has 1 atom stereocenters. The Hall–Kier alpha value is -1.64. The van der Waals surface area contributed by atoms with Gasteiger partial charge in [0.25, 0.3) is 0 Å². The number of aliphatic hydroxyl groups is 1. The first-order chi connectivity index (χ1) is 7.81. The number of hydrogen-bond acceptors (Lipinski definition) is 2. The predicted octanol–water partition coefficient (Wildman–Crippen LogP) is 2.35. The summed E-state index contributed by atoms with van der Waals surface area (Å²) in [5, 5.41) is 8.95. The largest absolute Gasteiger partial charge is 0.394 e. The molecule has 16 heavy (non-hydrogen) atoms. The van der Waals surface area contributed by atoms with Gasteiger partial charge >= 0.3 is 0 Å². The van der Waals surface area contributed by atoms with Crippen molar-refractivity contribution < 1.29 is 5.11 Å². The number of benzene rings is 2. The van der Waals surface area contributed by atoms with Crippen molar-refractivity contribution in [1.82, 2.24) is 0 Å². The van der Waals surface area contributed by atoms with Gasteiger partial charge < -0.3 is 10.8 Å². The summed E-state index contributed by atoms with van der Waals surface area (Å²) in [6.45, 7) is -0.0231. The van der Waals surface area contributed by atoms with E-state index in [4.69, 9.17) is 10.8 Å². The number of hydrogen-bond donors (Lipinski definition) is 2. The van der Waals surface area contributed by atoms with Crippen LogP contribution in [0.3, 0.4) is 0 Å². The summed E-state index contributed by atoms with van der Waals surface area (Å²) < 4.78 is 0. The Morgan fingerprint density at radius 3 is 2.00 bits per heavy atom. The summed E-state index contributed by atoms with van der Waals surface area (Å²) in [7, 11) is 0. The van der Waals surface area contributed by atoms with E-state index in [9.17, 15) is 0 Å². The Kier molecular flexibility index (Phi) is 3.34. The molecule has 0 saturated heterocycles. The van der Waals surface area contributed by atoms with E-state index < -0.39 is 0 Å². The van der Waals surface area contributed by atoms with E-state index in [1.165, 1.54) is 5.56 Å². The van der Waals surface area contributed by atoms with Gasteiger partial charge in [-0.3, -0.25) is 0 Å². The third-order valence-corrected chi connectivity index (χ3v) is 2.64. The highest BCUT2D eigenvalue weighted by molar-refractivity contribution is 5.63. The van der Waals surface area contributed by atoms with Crippen LogP contribution in [-0.4, -0.2) is 11.7 Å². The van der Waals surface area contributed by atoms with Crippen LogP contribution < -0.4 is 5.73 Å². The van der Waals surface area contributed by atoms with Crippen molar-refractivity contribution in [2.75, 3.05) is 6.61 Å². The van der Waals surface area contributed by atoms with Crippen molar-refractivity contribution >= 4 is 0 Å². The second-order valence-electron chi connectivity index (χ2n) is 3.78. The molecule has 0 unspecified atom stereocenters. The Morgan fingerprint density at radius 1 is 0.875 bits per heavy atom. The van der Waals surface area contributed by atoms with E-state index in [0.717, 1.165) is 11.1 Å². The van der Waals surface area contributed by atoms with Crippen molar-refractivity contribution in [2.45, 2.75) is 6.04 Å². The highest BCUT2D eigenvalue weighted by Crippen LogP contribution is 2.20. The summed E-state index contributed by atoms with van der Waals surface area (Å²) in [5.74, 6) is 0. The summed E-state index contributed by atoms with van der Waals surface area (Å²) in [4.78, 5) is 0. The third-order valence-electron chi connectivity index (χ3n) is 2.64. The Bertz CT molecular complexity index is 436. The van der Waals surface area contributed by atoms with Gasteiger partial charge in [-0.25, -0.2) is 0 Å². The van der Waals surface area contributed by atoms with Gasteiger partial charge in [-0.2, -0.15) is 0 Å². The highest BCUT2D eigenvalue weighted by atomic mass is 16.3. The van der Waals surface area contributed by atoms with Crippen molar-refractivity contribution in [3.8, 4) is 11.1 Å². The van der Waals surface area contributed by atoms with Crippen LogP contribution in [0.15, 0.2) is 54.6 Å². The van der Waals surface area contributed by atoms with Crippen LogP contribution in [0.5, 0.6) is 0 Å². The fourth-order valence-electron chi connectivity index (χ4n) is 1.66. The molecule has 0 amide bonds. The standard InChI is InChI=1S/C14H15NO/c15-14(10-16)13-8-6-12(7-9-13)11-4-2-1-3-5-11/h1-9,14,16H,10,15H2/t14-/m0/s1. The van der Waals surface area contributed by atoms with E-state index in [2.05, 4.69) is 12.1 Å². The van der Waals surface area contributed by atoms with Crippen molar-refractivity contribution in [3.63, 3.8) is 0 Å². The maximum atomic E-state index is 8.95. The second-order valence-corrected chi connectivity index (χ2v) is 3.78. The van der Waals surface area contributed by atoms with Crippen LogP contribution in [-0.2, 0) is 0 Å². The monoisotopic (exact) mass is 213 g/mol. The molecule has 2 aromatic carbocycles. The average Bonchev–Trinajstić information content (AvgIpc) is 2.39. The molecule has 0 bridgehead atoms. The fraction of sp³-hybridized carbons (Fsp3) is 0.143. The van der Waals surface area contributed by atoms with E-state index in [-0.39, 0.29) is 12.6 Å². The Labute approximate surface area is 95.4 Å². The zero-order chi connectivity index (χ0) is 11.4. The van der Waals surface area contributed by atoms with Crippen LogP contribution >= 0.6 is 0 Å². The molecule has 0 aromatic heterocycles. The molecular formula is C14H15NO. The van der Waals surface area contributed by atoms with Crippen LogP contribution in [0.4, 0.5) is 0 Å². The van der Waals surface area contributed by atoms with Gasteiger partial charge in [-0.15, -0.1) is 0 Å². The minimum atomic E-state index is -0.287. The number of rotatable bonds is 3. The first-order valence-electron chi connectivity index (χ1n) is 5.33. The lowest BCUT2D eigenvalue weighted by Gasteiger charge is -2.09. The predicted molar refractivity (Wildman–Crippen MR) is 65.9 cm³/mol. The average molecular weight is 213 g/mol. The van der Waals surface area contributed by atoms with Crippen LogP contribution in [0.1, 0.15) is 11.6 Å². The zero-order valence-electron chi connectivity index (χ0n) is 9.01. The van der Waals surface area contributed by atoms with Gasteiger partial charge in [0, 0.05) is 0 Å². The summed E-state index contributed by atoms with van der Waals surface area (Å²) in [6, 6.07) is 17.9. The van der Waals surface area contributed by atoms with Crippen LogP contribution in [0.2, 0.25) is 0 Å². The van der Waals surface area contributed by atoms with Crippen molar-refractivity contribution in [2.24, 2.45) is 5.73 Å². The molecule has 3 N–H and O–H groups in total. The molecule has 0 heterocycles. The van der Waals surface area contributed by atoms with E-state index >= 15 is 0 Å². The molecule has 0 radical (unpaired) electrons. The molecule has 2 nitrogen and oxygen atoms in total. The summed E-state index contributed by atoms with van der Waals surface area (Å²) >= 11 is 0. The third kappa shape index (κ3) is 2.30. The SMILES string of the molecule is N[C@@H](CO)c1ccc(-c2ccccc2)cc1. The fourth-order valence-corrected chi connectivity index (χ4v) is 1.66. The van der Waals surface area contributed by atoms with Gasteiger partial charge in [0.15, 0.2) is 0 Å². The molecule has 0 aliphatic carbocycles. The minimum Gasteiger partial charge on any atom is -0.394 e. The summed E-state index contributed by atoms with van der Waals surface area (Å²) in [6.07, 6.45) is 0. The topological polar surface area (TPSA) is 46.2 Å². The van der Waals surface area contributed by atoms with E-state index in [0.29, 0.717) is 0 Å². The summed E-state index contributed by atoms with van der Waals surface area (Å²) in [5.41, 5.74) is 9.04. The normalized spacial score (nSPS) is 12.4. The highest BCUT2D eigenvalue weighted by Gasteiger charge is 2.03. The molecule has 2 aromatic rings. The molecular weight excluding hydrogens is 198 g/mol. The second kappa shape index (κ2) is 4.92. The molecule has 0 fully saturated rings. The van der Waals surface area contributed by atoms with Crippen LogP contribution in [0.25, 0.3) is 11.1 Å². The minimum absolute atomic E-state index is 0.0231. The lowest BCUT2D eigenvalue weighted by atomic mass is 10.0. The first-order valence-corrected chi connectivity index (χ1v) is 5.33. The smallest absolute Gasteiger partial charge is 0.0624 e. The molecule has 0 aliphatic rings. The Morgan fingerprint density at radius 2 is 1.44 bits per heavy atom. The van der Waals surface area contributed by atoms with Crippen molar-refractivity contribution in [3.05, 3.63) is 60.2 Å². The number of aliphatic hydroxyl groups excluding tert-OH is 1. The Balaban J connectivity index is 2.26. The van der Waals surface area contributed by atoms with Gasteiger partial charge in [0.05, 0.1) is 12.6 Å². The van der Waals surface area contributed by atoms with E-state index in [1.807, 2.05) is 42.5 Å². The lowest BCUT2D eigenvalue weighted by Crippen LogP contribution is -2.14. The molecule has 0 aliphatic heterocycles. The molecule has 0 spiro atoms. The van der Waals surface area contributed by atoms with Gasteiger partial charge in [-0.1, -0.05) is 54.6 Å². The molecule has 82 valence electrons. The van der Waals surface area contributed by atoms with Gasteiger partial charge in [-0.05, 0) is 16.7 Å². The molecule has 2 rings (SSSR count). The van der Waals surface area contributed by atoms with Gasteiger partial charge in [0.2, 0.25) is 0 Å². The zero-order valence-corrected chi connectivity index (χ0v) is 9.01. The quantitative estimate of drug-likeness (QED) is 0.822. The van der Waals surface area contributed by atoms with Crippen molar-refractivity contribution in [1.29, 1.82) is 0 Å². The number of nitrogens with two attached hydrogens (primary N) is 1. The molecule has 2 heteroatoms. The lowest BCUT2D eigenvalue weighted by molar-refractivity contribution is 0.268. The van der Waals surface area contributed by atoms with Crippen LogP contribution in [0, 0.1) is 0 Å². The maximum Gasteiger partial charge on any atom is 0.0624 e. The molecule has 0 saturated carbocycles. The first kappa shape index (κ1) is 10.9. The van der Waals surface area contributed by atoms with Gasteiger partial charge in [0.1, 0.15) is 0 Å². The maximum absolute atomic E-state index is 8.95.